The molecule has 1 aliphatic heterocycles. The highest BCUT2D eigenvalue weighted by Gasteiger charge is 2.27. The lowest BCUT2D eigenvalue weighted by molar-refractivity contribution is 0.0754. The van der Waals surface area contributed by atoms with Gasteiger partial charge in [0.1, 0.15) is 23.2 Å². The van der Waals surface area contributed by atoms with E-state index in [1.807, 2.05) is 48.2 Å². The molecule has 0 bridgehead atoms. The Morgan fingerprint density at radius 1 is 1.14 bits per heavy atom. The van der Waals surface area contributed by atoms with Gasteiger partial charge in [0, 0.05) is 39.3 Å². The van der Waals surface area contributed by atoms with Gasteiger partial charge in [-0.1, -0.05) is 36.4 Å². The zero-order chi connectivity index (χ0) is 24.8. The maximum absolute atomic E-state index is 13.3. The van der Waals surface area contributed by atoms with Crippen molar-refractivity contribution in [1.82, 2.24) is 20.2 Å². The number of hydrogen-bond acceptors (Lipinski definition) is 7. The van der Waals surface area contributed by atoms with Crippen LogP contribution in [0.3, 0.4) is 0 Å². The van der Waals surface area contributed by atoms with Crippen LogP contribution in [0.15, 0.2) is 54.7 Å². The molecule has 0 aliphatic carbocycles. The molecule has 1 aromatic heterocycles. The van der Waals surface area contributed by atoms with Gasteiger partial charge in [0.05, 0.1) is 7.11 Å². The number of fused-ring (bicyclic) bond motifs is 1. The van der Waals surface area contributed by atoms with Gasteiger partial charge in [0.2, 0.25) is 0 Å². The summed E-state index contributed by atoms with van der Waals surface area (Å²) in [6.07, 6.45) is 2.38. The Bertz CT molecular complexity index is 1150. The minimum atomic E-state index is -0.0806. The maximum Gasteiger partial charge on any atom is 0.318 e. The number of anilines is 1. The molecule has 0 spiro atoms. The first kappa shape index (κ1) is 24.5. The number of carbonyl (C=O) groups is 1. The second-order valence-electron chi connectivity index (χ2n) is 8.74. The number of aromatic nitrogens is 2. The van der Waals surface area contributed by atoms with Crippen molar-refractivity contribution in [1.29, 1.82) is 0 Å². The number of methoxy groups -OCH3 is 1. The van der Waals surface area contributed by atoms with Gasteiger partial charge >= 0.3 is 6.01 Å². The van der Waals surface area contributed by atoms with Crippen LogP contribution >= 0.6 is 0 Å². The minimum Gasteiger partial charge on any atom is -0.486 e. The number of nitrogens with zero attached hydrogens (tertiary/aromatic N) is 4. The summed E-state index contributed by atoms with van der Waals surface area (Å²) in [5, 5.41) is 3.21. The molecule has 8 heteroatoms. The van der Waals surface area contributed by atoms with Crippen molar-refractivity contribution in [2.24, 2.45) is 0 Å². The molecule has 0 saturated heterocycles. The van der Waals surface area contributed by atoms with Crippen LogP contribution in [0.5, 0.6) is 11.8 Å². The fourth-order valence-electron chi connectivity index (χ4n) is 4.22. The molecule has 3 aromatic rings. The molecular formula is C27H33N5O3. The number of ether oxygens (including phenoxy) is 2. The number of hydrogen-bond donors (Lipinski definition) is 1. The van der Waals surface area contributed by atoms with Gasteiger partial charge in [-0.3, -0.25) is 4.79 Å². The summed E-state index contributed by atoms with van der Waals surface area (Å²) in [7, 11) is 5.39. The van der Waals surface area contributed by atoms with E-state index in [0.29, 0.717) is 31.0 Å². The summed E-state index contributed by atoms with van der Waals surface area (Å²) in [4.78, 5) is 25.7. The highest BCUT2D eigenvalue weighted by molar-refractivity contribution is 5.99. The molecule has 184 valence electrons. The Morgan fingerprint density at radius 2 is 1.94 bits per heavy atom. The molecule has 8 nitrogen and oxygen atoms in total. The van der Waals surface area contributed by atoms with Crippen LogP contribution in [0, 0.1) is 6.92 Å². The van der Waals surface area contributed by atoms with Crippen LogP contribution in [-0.4, -0.2) is 61.6 Å². The zero-order valence-electron chi connectivity index (χ0n) is 20.8. The van der Waals surface area contributed by atoms with Gasteiger partial charge in [0.15, 0.2) is 0 Å². The predicted molar refractivity (Wildman–Crippen MR) is 136 cm³/mol. The summed E-state index contributed by atoms with van der Waals surface area (Å²) in [5.41, 5.74) is 3.80. The topological polar surface area (TPSA) is 79.8 Å². The molecule has 0 radical (unpaired) electrons. The van der Waals surface area contributed by atoms with Crippen molar-refractivity contribution in [3.05, 3.63) is 77.0 Å². The molecule has 1 aliphatic rings. The molecule has 1 unspecified atom stereocenters. The van der Waals surface area contributed by atoms with Gasteiger partial charge in [0.25, 0.3) is 5.91 Å². The summed E-state index contributed by atoms with van der Waals surface area (Å²) in [6.45, 7) is 4.68. The summed E-state index contributed by atoms with van der Waals surface area (Å²) >= 11 is 0. The van der Waals surface area contributed by atoms with E-state index in [2.05, 4.69) is 46.5 Å². The average molecular weight is 476 g/mol. The number of benzene rings is 2. The second-order valence-corrected chi connectivity index (χ2v) is 8.74. The van der Waals surface area contributed by atoms with E-state index >= 15 is 0 Å². The van der Waals surface area contributed by atoms with Crippen molar-refractivity contribution in [3.63, 3.8) is 0 Å². The summed E-state index contributed by atoms with van der Waals surface area (Å²) < 4.78 is 11.5. The van der Waals surface area contributed by atoms with E-state index < -0.39 is 0 Å². The van der Waals surface area contributed by atoms with E-state index in [1.54, 1.807) is 6.20 Å². The Morgan fingerprint density at radius 3 is 2.66 bits per heavy atom. The molecule has 2 aromatic carbocycles. The Balaban J connectivity index is 1.51. The molecule has 0 fully saturated rings. The number of carbonyl (C=O) groups excluding carboxylic acids is 1. The molecule has 35 heavy (non-hydrogen) atoms. The zero-order valence-corrected chi connectivity index (χ0v) is 20.8. The van der Waals surface area contributed by atoms with Gasteiger partial charge in [-0.05, 0) is 49.3 Å². The Kier molecular flexibility index (Phi) is 7.82. The summed E-state index contributed by atoms with van der Waals surface area (Å²) in [5.74, 6) is 1.34. The van der Waals surface area contributed by atoms with Crippen LogP contribution in [-0.2, 0) is 6.54 Å². The SMILES string of the molecule is CNCCC(Oc1ccc(CN2CCN(C)c3nc(OC)ncc3C2=O)c(C)c1)c1ccccc1. The normalized spacial score (nSPS) is 14.3. The van der Waals surface area contributed by atoms with Gasteiger partial charge in [-0.25, -0.2) is 4.98 Å². The van der Waals surface area contributed by atoms with Gasteiger partial charge < -0.3 is 24.6 Å². The van der Waals surface area contributed by atoms with Crippen LogP contribution in [0.25, 0.3) is 0 Å². The number of likely N-dealkylation sites (N-methyl/N-ethyl adjacent to an activating group) is 1. The van der Waals surface area contributed by atoms with Crippen LogP contribution < -0.4 is 19.7 Å². The lowest BCUT2D eigenvalue weighted by atomic mass is 10.1. The summed E-state index contributed by atoms with van der Waals surface area (Å²) in [6, 6.07) is 16.6. The molecule has 0 saturated carbocycles. The highest BCUT2D eigenvalue weighted by atomic mass is 16.5. The first-order valence-corrected chi connectivity index (χ1v) is 11.9. The molecule has 4 rings (SSSR count). The third-order valence-electron chi connectivity index (χ3n) is 6.30. The second kappa shape index (κ2) is 11.2. The third-order valence-corrected chi connectivity index (χ3v) is 6.30. The van der Waals surface area contributed by atoms with E-state index in [4.69, 9.17) is 9.47 Å². The first-order valence-electron chi connectivity index (χ1n) is 11.9. The van der Waals surface area contributed by atoms with E-state index in [1.165, 1.54) is 7.11 Å². The van der Waals surface area contributed by atoms with E-state index in [-0.39, 0.29) is 18.0 Å². The van der Waals surface area contributed by atoms with Gasteiger partial charge in [-0.15, -0.1) is 0 Å². The fraction of sp³-hybridized carbons (Fsp3) is 0.370. The van der Waals surface area contributed by atoms with Crippen LogP contribution in [0.2, 0.25) is 0 Å². The number of nitrogens with one attached hydrogen (secondary N) is 1. The highest BCUT2D eigenvalue weighted by Crippen LogP contribution is 2.28. The molecule has 1 atom stereocenters. The third kappa shape index (κ3) is 5.71. The fourth-order valence-corrected chi connectivity index (χ4v) is 4.22. The lowest BCUT2D eigenvalue weighted by Crippen LogP contribution is -2.33. The van der Waals surface area contributed by atoms with Crippen molar-refractivity contribution < 1.29 is 14.3 Å². The van der Waals surface area contributed by atoms with Crippen molar-refractivity contribution in [3.8, 4) is 11.8 Å². The number of amides is 1. The van der Waals surface area contributed by atoms with E-state index in [9.17, 15) is 4.79 Å². The van der Waals surface area contributed by atoms with Crippen LogP contribution in [0.1, 0.15) is 39.6 Å². The van der Waals surface area contributed by atoms with E-state index in [0.717, 1.165) is 35.4 Å². The smallest absolute Gasteiger partial charge is 0.318 e. The number of rotatable bonds is 9. The molecule has 1 N–H and O–H groups in total. The van der Waals surface area contributed by atoms with Crippen molar-refractivity contribution in [2.45, 2.75) is 26.0 Å². The average Bonchev–Trinajstić information content (AvgIpc) is 3.00. The Hall–Kier alpha value is -3.65. The van der Waals surface area contributed by atoms with Gasteiger partial charge in [-0.2, -0.15) is 4.98 Å². The maximum atomic E-state index is 13.3. The molecular weight excluding hydrogens is 442 g/mol. The van der Waals surface area contributed by atoms with Crippen LogP contribution in [0.4, 0.5) is 5.82 Å². The molecule has 2 heterocycles. The molecule has 1 amide bonds. The minimum absolute atomic E-state index is 0.0369. The quantitative estimate of drug-likeness (QED) is 0.506. The monoisotopic (exact) mass is 475 g/mol. The largest absolute Gasteiger partial charge is 0.486 e. The predicted octanol–water partition coefficient (Wildman–Crippen LogP) is 3.62. The van der Waals surface area contributed by atoms with Crippen molar-refractivity contribution in [2.75, 3.05) is 45.7 Å². The lowest BCUT2D eigenvalue weighted by Gasteiger charge is -2.23. The first-order chi connectivity index (χ1) is 17.0. The standard InChI is InChI=1S/C27H33N5O3/c1-19-16-22(35-24(12-13-28-2)20-8-6-5-7-9-20)11-10-21(19)18-32-15-14-31(3)25-23(26(32)33)17-29-27(30-25)34-4/h5-11,16-17,24,28H,12-15,18H2,1-4H3. The number of aryl methyl sites for hydroxylation is 1. The Labute approximate surface area is 206 Å². The van der Waals surface area contributed by atoms with Crippen molar-refractivity contribution >= 4 is 11.7 Å².